The van der Waals surface area contributed by atoms with Gasteiger partial charge in [0.15, 0.2) is 0 Å². The summed E-state index contributed by atoms with van der Waals surface area (Å²) in [4.78, 5) is 11.7. The van der Waals surface area contributed by atoms with Crippen molar-refractivity contribution in [3.05, 3.63) is 41.5 Å². The van der Waals surface area contributed by atoms with Crippen LogP contribution in [0.25, 0.3) is 0 Å². The van der Waals surface area contributed by atoms with E-state index >= 15 is 0 Å². The third-order valence-corrected chi connectivity index (χ3v) is 2.32. The first-order chi connectivity index (χ1) is 8.04. The molecule has 0 aromatic heterocycles. The molecule has 0 fully saturated rings. The molecular weight excluding hydrogens is 214 g/mol. The number of amides is 1. The summed E-state index contributed by atoms with van der Waals surface area (Å²) >= 11 is 0. The molecule has 4 heteroatoms. The highest BCUT2D eigenvalue weighted by atomic mass is 16.1. The molecule has 1 aromatic carbocycles. The molecule has 4 N–H and O–H groups in total. The molecule has 0 atom stereocenters. The highest BCUT2D eigenvalue weighted by Crippen LogP contribution is 2.10. The van der Waals surface area contributed by atoms with E-state index < -0.39 is 0 Å². The minimum Gasteiger partial charge on any atom is -0.384 e. The third-order valence-electron chi connectivity index (χ3n) is 2.32. The van der Waals surface area contributed by atoms with Gasteiger partial charge < -0.3 is 11.1 Å². The number of carbonyl (C=O) groups excluding carboxylic acids is 1. The number of nitrogens with two attached hydrogens (primary N) is 1. The van der Waals surface area contributed by atoms with Crippen LogP contribution in [0.1, 0.15) is 25.8 Å². The molecule has 1 amide bonds. The van der Waals surface area contributed by atoms with Crippen LogP contribution in [0.4, 0.5) is 5.69 Å². The van der Waals surface area contributed by atoms with Gasteiger partial charge in [-0.05, 0) is 37.6 Å². The molecule has 0 saturated heterocycles. The van der Waals surface area contributed by atoms with Gasteiger partial charge in [0.2, 0.25) is 0 Å². The van der Waals surface area contributed by atoms with E-state index in [2.05, 4.69) is 5.32 Å². The van der Waals surface area contributed by atoms with Crippen LogP contribution in [-0.2, 0) is 4.79 Å². The van der Waals surface area contributed by atoms with E-state index in [0.717, 1.165) is 6.42 Å². The Hall–Kier alpha value is -2.10. The van der Waals surface area contributed by atoms with Crippen LogP contribution in [0.15, 0.2) is 35.9 Å². The Balaban J connectivity index is 2.73. The molecule has 0 unspecified atom stereocenters. The second kappa shape index (κ2) is 5.84. The lowest BCUT2D eigenvalue weighted by Crippen LogP contribution is -2.14. The van der Waals surface area contributed by atoms with Gasteiger partial charge in [0.1, 0.15) is 5.84 Å². The number of hydrogen-bond acceptors (Lipinski definition) is 2. The number of benzene rings is 1. The number of allylic oxidation sites excluding steroid dienone is 1. The number of nitrogen functional groups attached to an aromatic ring is 1. The predicted molar refractivity (Wildman–Crippen MR) is 70.1 cm³/mol. The number of carbonyl (C=O) groups is 1. The van der Waals surface area contributed by atoms with Crippen LogP contribution >= 0.6 is 0 Å². The van der Waals surface area contributed by atoms with Crippen LogP contribution in [0, 0.1) is 5.41 Å². The zero-order valence-corrected chi connectivity index (χ0v) is 10.1. The Morgan fingerprint density at radius 3 is 2.47 bits per heavy atom. The number of hydrogen-bond donors (Lipinski definition) is 3. The Morgan fingerprint density at radius 1 is 1.41 bits per heavy atom. The van der Waals surface area contributed by atoms with Crippen molar-refractivity contribution in [2.24, 2.45) is 5.73 Å². The number of nitrogens with one attached hydrogen (secondary N) is 2. The maximum atomic E-state index is 11.7. The average molecular weight is 231 g/mol. The zero-order chi connectivity index (χ0) is 12.8. The molecule has 1 aromatic rings. The van der Waals surface area contributed by atoms with E-state index in [-0.39, 0.29) is 11.7 Å². The van der Waals surface area contributed by atoms with Crippen molar-refractivity contribution in [2.45, 2.75) is 20.3 Å². The van der Waals surface area contributed by atoms with Crippen LogP contribution < -0.4 is 11.1 Å². The molecule has 0 aliphatic rings. The van der Waals surface area contributed by atoms with Gasteiger partial charge in [-0.1, -0.05) is 13.0 Å². The van der Waals surface area contributed by atoms with Crippen molar-refractivity contribution in [2.75, 3.05) is 5.32 Å². The standard InChI is InChI=1S/C13H17N3O/c1-3-4-9(2)13(17)16-11-7-5-10(6-8-11)12(14)15/h4-8H,3H2,1-2H3,(H3,14,15)(H,16,17)/b9-4+. The largest absolute Gasteiger partial charge is 0.384 e. The van der Waals surface area contributed by atoms with Gasteiger partial charge >= 0.3 is 0 Å². The maximum Gasteiger partial charge on any atom is 0.250 e. The smallest absolute Gasteiger partial charge is 0.250 e. The second-order valence-corrected chi connectivity index (χ2v) is 3.74. The summed E-state index contributed by atoms with van der Waals surface area (Å²) in [5, 5.41) is 10.0. The van der Waals surface area contributed by atoms with E-state index in [9.17, 15) is 4.79 Å². The lowest BCUT2D eigenvalue weighted by molar-refractivity contribution is -0.112. The van der Waals surface area contributed by atoms with Crippen molar-refractivity contribution in [1.82, 2.24) is 0 Å². The third kappa shape index (κ3) is 3.75. The molecule has 0 saturated carbocycles. The monoisotopic (exact) mass is 231 g/mol. The quantitative estimate of drug-likeness (QED) is 0.422. The molecular formula is C13H17N3O. The fraction of sp³-hybridized carbons (Fsp3) is 0.231. The number of anilines is 1. The molecule has 4 nitrogen and oxygen atoms in total. The summed E-state index contributed by atoms with van der Waals surface area (Å²) < 4.78 is 0. The summed E-state index contributed by atoms with van der Waals surface area (Å²) in [6, 6.07) is 6.87. The summed E-state index contributed by atoms with van der Waals surface area (Å²) in [7, 11) is 0. The Labute approximate surface area is 101 Å². The fourth-order valence-electron chi connectivity index (χ4n) is 1.36. The van der Waals surface area contributed by atoms with Crippen LogP contribution in [0.2, 0.25) is 0 Å². The first kappa shape index (κ1) is 13.0. The van der Waals surface area contributed by atoms with E-state index in [1.165, 1.54) is 0 Å². The van der Waals surface area contributed by atoms with Crippen LogP contribution in [0.3, 0.4) is 0 Å². The summed E-state index contributed by atoms with van der Waals surface area (Å²) in [6.45, 7) is 3.77. The molecule has 0 spiro atoms. The first-order valence-corrected chi connectivity index (χ1v) is 5.47. The molecule has 0 bridgehead atoms. The molecule has 0 aliphatic heterocycles. The zero-order valence-electron chi connectivity index (χ0n) is 10.1. The highest BCUT2D eigenvalue weighted by Gasteiger charge is 2.04. The minimum absolute atomic E-state index is 0.0185. The van der Waals surface area contributed by atoms with Crippen LogP contribution in [-0.4, -0.2) is 11.7 Å². The normalized spacial score (nSPS) is 11.1. The maximum absolute atomic E-state index is 11.7. The highest BCUT2D eigenvalue weighted by molar-refractivity contribution is 6.03. The minimum atomic E-state index is -0.109. The molecule has 17 heavy (non-hydrogen) atoms. The summed E-state index contributed by atoms with van der Waals surface area (Å²) in [5.41, 5.74) is 7.38. The summed E-state index contributed by atoms with van der Waals surface area (Å²) in [5.74, 6) is -0.0904. The van der Waals surface area contributed by atoms with E-state index in [0.29, 0.717) is 16.8 Å². The molecule has 0 radical (unpaired) electrons. The van der Waals surface area contributed by atoms with E-state index in [1.807, 2.05) is 13.0 Å². The van der Waals surface area contributed by atoms with Gasteiger partial charge in [0, 0.05) is 16.8 Å². The number of rotatable bonds is 4. The Morgan fingerprint density at radius 2 is 2.00 bits per heavy atom. The van der Waals surface area contributed by atoms with Crippen molar-refractivity contribution < 1.29 is 4.79 Å². The van der Waals surface area contributed by atoms with Crippen LogP contribution in [0.5, 0.6) is 0 Å². The first-order valence-electron chi connectivity index (χ1n) is 5.47. The molecule has 0 heterocycles. The van der Waals surface area contributed by atoms with E-state index in [1.54, 1.807) is 31.2 Å². The van der Waals surface area contributed by atoms with Gasteiger partial charge in [0.05, 0.1) is 0 Å². The Kier molecular flexibility index (Phi) is 4.46. The topological polar surface area (TPSA) is 79.0 Å². The molecule has 90 valence electrons. The second-order valence-electron chi connectivity index (χ2n) is 3.74. The average Bonchev–Trinajstić information content (AvgIpc) is 2.30. The van der Waals surface area contributed by atoms with Gasteiger partial charge in [0.25, 0.3) is 5.91 Å². The van der Waals surface area contributed by atoms with Crippen molar-refractivity contribution in [3.63, 3.8) is 0 Å². The van der Waals surface area contributed by atoms with Crippen molar-refractivity contribution >= 4 is 17.4 Å². The van der Waals surface area contributed by atoms with Gasteiger partial charge in [-0.25, -0.2) is 0 Å². The predicted octanol–water partition coefficient (Wildman–Crippen LogP) is 2.27. The molecule has 0 aliphatic carbocycles. The van der Waals surface area contributed by atoms with Crippen molar-refractivity contribution in [3.8, 4) is 0 Å². The van der Waals surface area contributed by atoms with Gasteiger partial charge in [-0.15, -0.1) is 0 Å². The summed E-state index contributed by atoms with van der Waals surface area (Å²) in [6.07, 6.45) is 2.71. The lowest BCUT2D eigenvalue weighted by Gasteiger charge is -2.06. The SMILES string of the molecule is CC/C=C(\C)C(=O)Nc1ccc(C(=N)N)cc1. The molecule has 1 rings (SSSR count). The van der Waals surface area contributed by atoms with Gasteiger partial charge in [-0.2, -0.15) is 0 Å². The Bertz CT molecular complexity index is 446. The number of amidine groups is 1. The van der Waals surface area contributed by atoms with Crippen molar-refractivity contribution in [1.29, 1.82) is 5.41 Å². The van der Waals surface area contributed by atoms with E-state index in [4.69, 9.17) is 11.1 Å². The van der Waals surface area contributed by atoms with Gasteiger partial charge in [-0.3, -0.25) is 10.2 Å². The fourth-order valence-corrected chi connectivity index (χ4v) is 1.36. The lowest BCUT2D eigenvalue weighted by atomic mass is 10.2.